The Morgan fingerprint density at radius 1 is 1.24 bits per heavy atom. The van der Waals surface area contributed by atoms with Gasteiger partial charge >= 0.3 is 0 Å². The molecule has 0 radical (unpaired) electrons. The van der Waals surface area contributed by atoms with Gasteiger partial charge < -0.3 is 19.9 Å². The number of fused-ring (bicyclic) bond motifs is 1. The van der Waals surface area contributed by atoms with Crippen LogP contribution in [0.3, 0.4) is 0 Å². The number of hydrogen-bond acceptors (Lipinski definition) is 5. The number of aliphatic hydroxyl groups is 1. The quantitative estimate of drug-likeness (QED) is 0.856. The Morgan fingerprint density at radius 3 is 2.48 bits per heavy atom. The summed E-state index contributed by atoms with van der Waals surface area (Å²) in [7, 11) is 3.22. The minimum atomic E-state index is -0.408. The molecule has 0 aliphatic rings. The van der Waals surface area contributed by atoms with E-state index in [-0.39, 0.29) is 6.61 Å². The average Bonchev–Trinajstić information content (AvgIpc) is 2.53. The number of aliphatic hydroxyl groups excluding tert-OH is 1. The van der Waals surface area contributed by atoms with Gasteiger partial charge in [0.05, 0.1) is 26.4 Å². The average molecular weight is 290 g/mol. The summed E-state index contributed by atoms with van der Waals surface area (Å²) in [6, 6.07) is 5.74. The summed E-state index contributed by atoms with van der Waals surface area (Å²) in [5.74, 6) is 2.07. The highest BCUT2D eigenvalue weighted by molar-refractivity contribution is 5.94. The normalized spacial score (nSPS) is 13.8. The molecule has 0 aliphatic heterocycles. The van der Waals surface area contributed by atoms with Gasteiger partial charge in [0.15, 0.2) is 11.5 Å². The summed E-state index contributed by atoms with van der Waals surface area (Å²) in [6.07, 6.45) is 2.53. The number of anilines is 1. The number of aromatic nitrogens is 1. The van der Waals surface area contributed by atoms with E-state index in [0.717, 1.165) is 23.0 Å². The van der Waals surface area contributed by atoms with Crippen molar-refractivity contribution in [1.82, 2.24) is 4.98 Å². The van der Waals surface area contributed by atoms with Crippen molar-refractivity contribution in [2.24, 2.45) is 0 Å². The Labute approximate surface area is 124 Å². The Kier molecular flexibility index (Phi) is 4.53. The van der Waals surface area contributed by atoms with Crippen LogP contribution in [0.1, 0.15) is 20.3 Å². The molecule has 0 saturated heterocycles. The van der Waals surface area contributed by atoms with Gasteiger partial charge in [-0.3, -0.25) is 0 Å². The van der Waals surface area contributed by atoms with Gasteiger partial charge in [-0.2, -0.15) is 0 Å². The Morgan fingerprint density at radius 2 is 1.90 bits per heavy atom. The third kappa shape index (κ3) is 3.03. The predicted molar refractivity (Wildman–Crippen MR) is 84.3 cm³/mol. The first-order valence-electron chi connectivity index (χ1n) is 6.96. The maximum absolute atomic E-state index is 9.57. The summed E-state index contributed by atoms with van der Waals surface area (Å²) in [4.78, 5) is 4.40. The van der Waals surface area contributed by atoms with Crippen LogP contribution in [0.15, 0.2) is 24.4 Å². The SMILES string of the molecule is CCC(C)(CO)Nc1nccc2cc(OC)c(OC)cc12. The molecule has 114 valence electrons. The van der Waals surface area contributed by atoms with Crippen molar-refractivity contribution >= 4 is 16.6 Å². The van der Waals surface area contributed by atoms with Crippen LogP contribution < -0.4 is 14.8 Å². The minimum Gasteiger partial charge on any atom is -0.493 e. The first kappa shape index (κ1) is 15.4. The molecule has 0 amide bonds. The molecule has 2 N–H and O–H groups in total. The minimum absolute atomic E-state index is 0.0366. The van der Waals surface area contributed by atoms with Crippen molar-refractivity contribution in [1.29, 1.82) is 0 Å². The molecule has 1 unspecified atom stereocenters. The molecule has 2 aromatic rings. The molecule has 0 bridgehead atoms. The number of ether oxygens (including phenoxy) is 2. The van der Waals surface area contributed by atoms with Crippen molar-refractivity contribution in [3.05, 3.63) is 24.4 Å². The van der Waals surface area contributed by atoms with Gasteiger partial charge in [-0.05, 0) is 36.9 Å². The zero-order valence-corrected chi connectivity index (χ0v) is 12.9. The van der Waals surface area contributed by atoms with Crippen LogP contribution in [0.5, 0.6) is 11.5 Å². The number of hydrogen-bond donors (Lipinski definition) is 2. The number of nitrogens with zero attached hydrogens (tertiary/aromatic N) is 1. The zero-order chi connectivity index (χ0) is 15.5. The maximum Gasteiger partial charge on any atom is 0.161 e. The number of rotatable bonds is 6. The van der Waals surface area contributed by atoms with Crippen LogP contribution in [0.25, 0.3) is 10.8 Å². The van der Waals surface area contributed by atoms with E-state index >= 15 is 0 Å². The smallest absolute Gasteiger partial charge is 0.161 e. The number of methoxy groups -OCH3 is 2. The van der Waals surface area contributed by atoms with Gasteiger partial charge in [0.1, 0.15) is 5.82 Å². The van der Waals surface area contributed by atoms with E-state index in [9.17, 15) is 5.11 Å². The van der Waals surface area contributed by atoms with Crippen molar-refractivity contribution < 1.29 is 14.6 Å². The monoisotopic (exact) mass is 290 g/mol. The van der Waals surface area contributed by atoms with Crippen LogP contribution in [0.2, 0.25) is 0 Å². The molecule has 0 aliphatic carbocycles. The van der Waals surface area contributed by atoms with E-state index in [1.165, 1.54) is 0 Å². The fourth-order valence-electron chi connectivity index (χ4n) is 2.12. The predicted octanol–water partition coefficient (Wildman–Crippen LogP) is 2.82. The molecule has 0 spiro atoms. The third-order valence-electron chi connectivity index (χ3n) is 3.82. The van der Waals surface area contributed by atoms with Gasteiger partial charge in [0, 0.05) is 11.6 Å². The Hall–Kier alpha value is -2.01. The molecule has 1 aromatic carbocycles. The number of nitrogens with one attached hydrogen (secondary N) is 1. The zero-order valence-electron chi connectivity index (χ0n) is 12.9. The summed E-state index contributed by atoms with van der Waals surface area (Å²) < 4.78 is 10.7. The standard InChI is InChI=1S/C16H22N2O3/c1-5-16(2,10-19)18-15-12-9-14(21-4)13(20-3)8-11(12)6-7-17-15/h6-9,19H,5,10H2,1-4H3,(H,17,18). The van der Waals surface area contributed by atoms with Gasteiger partial charge in [-0.25, -0.2) is 4.98 Å². The first-order valence-corrected chi connectivity index (χ1v) is 6.96. The van der Waals surface area contributed by atoms with E-state index < -0.39 is 5.54 Å². The lowest BCUT2D eigenvalue weighted by Crippen LogP contribution is -2.38. The molecule has 0 saturated carbocycles. The Balaban J connectivity index is 2.54. The summed E-state index contributed by atoms with van der Waals surface area (Å²) in [6.45, 7) is 4.03. The molecule has 1 heterocycles. The molecule has 5 heteroatoms. The lowest BCUT2D eigenvalue weighted by atomic mass is 9.99. The van der Waals surface area contributed by atoms with Crippen LogP contribution in [-0.4, -0.2) is 36.5 Å². The number of pyridine rings is 1. The van der Waals surface area contributed by atoms with Crippen LogP contribution >= 0.6 is 0 Å². The highest BCUT2D eigenvalue weighted by atomic mass is 16.5. The second-order valence-corrected chi connectivity index (χ2v) is 5.29. The van der Waals surface area contributed by atoms with Gasteiger partial charge in [0.25, 0.3) is 0 Å². The lowest BCUT2D eigenvalue weighted by Gasteiger charge is -2.28. The van der Waals surface area contributed by atoms with Crippen LogP contribution in [0.4, 0.5) is 5.82 Å². The topological polar surface area (TPSA) is 63.6 Å². The van der Waals surface area contributed by atoms with E-state index in [1.807, 2.05) is 32.0 Å². The molecule has 21 heavy (non-hydrogen) atoms. The van der Waals surface area contributed by atoms with Gasteiger partial charge in [0.2, 0.25) is 0 Å². The Bertz CT molecular complexity index is 624. The second-order valence-electron chi connectivity index (χ2n) is 5.29. The van der Waals surface area contributed by atoms with Gasteiger partial charge in [-0.1, -0.05) is 6.92 Å². The van der Waals surface area contributed by atoms with E-state index in [2.05, 4.69) is 10.3 Å². The molecular formula is C16H22N2O3. The van der Waals surface area contributed by atoms with Crippen LogP contribution in [-0.2, 0) is 0 Å². The highest BCUT2D eigenvalue weighted by Gasteiger charge is 2.22. The molecule has 5 nitrogen and oxygen atoms in total. The van der Waals surface area contributed by atoms with Crippen molar-refractivity contribution in [3.63, 3.8) is 0 Å². The van der Waals surface area contributed by atoms with E-state index in [4.69, 9.17) is 9.47 Å². The van der Waals surface area contributed by atoms with E-state index in [1.54, 1.807) is 20.4 Å². The van der Waals surface area contributed by atoms with Crippen molar-refractivity contribution in [3.8, 4) is 11.5 Å². The first-order chi connectivity index (χ1) is 10.1. The molecule has 1 aromatic heterocycles. The lowest BCUT2D eigenvalue weighted by molar-refractivity contribution is 0.218. The van der Waals surface area contributed by atoms with Crippen molar-refractivity contribution in [2.75, 3.05) is 26.1 Å². The molecule has 0 fully saturated rings. The fraction of sp³-hybridized carbons (Fsp3) is 0.438. The number of benzene rings is 1. The maximum atomic E-state index is 9.57. The highest BCUT2D eigenvalue weighted by Crippen LogP contribution is 2.35. The van der Waals surface area contributed by atoms with Gasteiger partial charge in [-0.15, -0.1) is 0 Å². The molecular weight excluding hydrogens is 268 g/mol. The third-order valence-corrected chi connectivity index (χ3v) is 3.82. The molecule has 2 rings (SSSR count). The molecule has 1 atom stereocenters. The van der Waals surface area contributed by atoms with E-state index in [0.29, 0.717) is 11.5 Å². The summed E-state index contributed by atoms with van der Waals surface area (Å²) >= 11 is 0. The fourth-order valence-corrected chi connectivity index (χ4v) is 2.12. The largest absolute Gasteiger partial charge is 0.493 e. The van der Waals surface area contributed by atoms with Crippen LogP contribution in [0, 0.1) is 0 Å². The van der Waals surface area contributed by atoms with Crippen molar-refractivity contribution in [2.45, 2.75) is 25.8 Å². The second kappa shape index (κ2) is 6.18. The summed E-state index contributed by atoms with van der Waals surface area (Å²) in [5, 5.41) is 14.8. The summed E-state index contributed by atoms with van der Waals surface area (Å²) in [5.41, 5.74) is -0.408.